The summed E-state index contributed by atoms with van der Waals surface area (Å²) in [4.78, 5) is 13.4. The van der Waals surface area contributed by atoms with Crippen molar-refractivity contribution in [1.82, 2.24) is 4.90 Å². The highest BCUT2D eigenvalue weighted by Crippen LogP contribution is 2.27. The summed E-state index contributed by atoms with van der Waals surface area (Å²) in [5, 5.41) is 0. The Morgan fingerprint density at radius 3 is 2.67 bits per heavy atom. The summed E-state index contributed by atoms with van der Waals surface area (Å²) in [6.07, 6.45) is 8.11. The zero-order chi connectivity index (χ0) is 11.1. The van der Waals surface area contributed by atoms with Gasteiger partial charge in [-0.15, -0.1) is 0 Å². The van der Waals surface area contributed by atoms with E-state index in [0.717, 1.165) is 18.9 Å². The van der Waals surface area contributed by atoms with Crippen molar-refractivity contribution in [3.8, 4) is 0 Å². The van der Waals surface area contributed by atoms with Gasteiger partial charge in [-0.25, -0.2) is 0 Å². The summed E-state index contributed by atoms with van der Waals surface area (Å²) >= 11 is 0. The Bertz CT molecular complexity index is 188. The summed E-state index contributed by atoms with van der Waals surface area (Å²) in [6.45, 7) is 1.54. The van der Waals surface area contributed by atoms with E-state index >= 15 is 0 Å². The minimum Gasteiger partial charge on any atom is -0.346 e. The van der Waals surface area contributed by atoms with Crippen molar-refractivity contribution >= 4 is 5.91 Å². The smallest absolute Gasteiger partial charge is 0.222 e. The lowest BCUT2D eigenvalue weighted by Crippen LogP contribution is -2.28. The monoisotopic (exact) mass is 212 g/mol. The quantitative estimate of drug-likeness (QED) is 0.729. The molecule has 0 heterocycles. The topological polar surface area (TPSA) is 46.3 Å². The summed E-state index contributed by atoms with van der Waals surface area (Å²) in [7, 11) is 1.91. The molecule has 88 valence electrons. The molecule has 0 saturated heterocycles. The van der Waals surface area contributed by atoms with Gasteiger partial charge >= 0.3 is 0 Å². The standard InChI is InChI=1S/C12H24N2O/c1-14(12(15)7-4-9-13)10-8-11-5-2-3-6-11/h11H,2-10,13H2,1H3. The molecule has 0 aromatic rings. The van der Waals surface area contributed by atoms with Crippen molar-refractivity contribution in [3.63, 3.8) is 0 Å². The first-order valence-corrected chi connectivity index (χ1v) is 6.18. The number of rotatable bonds is 6. The number of hydrogen-bond acceptors (Lipinski definition) is 2. The third kappa shape index (κ3) is 4.65. The number of hydrogen-bond donors (Lipinski definition) is 1. The molecule has 1 aliphatic rings. The Morgan fingerprint density at radius 1 is 1.40 bits per heavy atom. The van der Waals surface area contributed by atoms with Crippen molar-refractivity contribution in [3.05, 3.63) is 0 Å². The van der Waals surface area contributed by atoms with Gasteiger partial charge in [-0.1, -0.05) is 25.7 Å². The molecule has 1 rings (SSSR count). The van der Waals surface area contributed by atoms with Gasteiger partial charge in [0, 0.05) is 20.0 Å². The second-order valence-corrected chi connectivity index (χ2v) is 4.65. The Balaban J connectivity index is 2.10. The number of carbonyl (C=O) groups is 1. The van der Waals surface area contributed by atoms with Gasteiger partial charge in [-0.2, -0.15) is 0 Å². The van der Waals surface area contributed by atoms with Crippen LogP contribution in [0, 0.1) is 5.92 Å². The maximum Gasteiger partial charge on any atom is 0.222 e. The molecule has 0 bridgehead atoms. The van der Waals surface area contributed by atoms with E-state index in [2.05, 4.69) is 0 Å². The molecule has 0 aromatic heterocycles. The van der Waals surface area contributed by atoms with Gasteiger partial charge in [0.2, 0.25) is 5.91 Å². The Hall–Kier alpha value is -0.570. The van der Waals surface area contributed by atoms with Crippen LogP contribution in [0.15, 0.2) is 0 Å². The Morgan fingerprint density at radius 2 is 2.07 bits per heavy atom. The molecule has 1 fully saturated rings. The van der Waals surface area contributed by atoms with E-state index in [1.807, 2.05) is 11.9 Å². The van der Waals surface area contributed by atoms with E-state index in [1.165, 1.54) is 32.1 Å². The van der Waals surface area contributed by atoms with Crippen molar-refractivity contribution in [2.75, 3.05) is 20.1 Å². The van der Waals surface area contributed by atoms with E-state index in [0.29, 0.717) is 13.0 Å². The molecule has 0 radical (unpaired) electrons. The van der Waals surface area contributed by atoms with Crippen LogP contribution in [-0.2, 0) is 4.79 Å². The minimum atomic E-state index is 0.249. The highest BCUT2D eigenvalue weighted by Gasteiger charge is 2.16. The van der Waals surface area contributed by atoms with Crippen LogP contribution in [0.3, 0.4) is 0 Å². The average molecular weight is 212 g/mol. The van der Waals surface area contributed by atoms with E-state index in [4.69, 9.17) is 5.73 Å². The number of amides is 1. The first kappa shape index (κ1) is 12.5. The van der Waals surface area contributed by atoms with Crippen molar-refractivity contribution < 1.29 is 4.79 Å². The SMILES string of the molecule is CN(CCC1CCCC1)C(=O)CCCN. The zero-order valence-corrected chi connectivity index (χ0v) is 9.87. The largest absolute Gasteiger partial charge is 0.346 e. The average Bonchev–Trinajstić information content (AvgIpc) is 2.75. The second-order valence-electron chi connectivity index (χ2n) is 4.65. The van der Waals surface area contributed by atoms with Crippen LogP contribution >= 0.6 is 0 Å². The van der Waals surface area contributed by atoms with Crippen LogP contribution in [0.1, 0.15) is 44.9 Å². The van der Waals surface area contributed by atoms with E-state index in [1.54, 1.807) is 0 Å². The molecular formula is C12H24N2O. The number of nitrogens with two attached hydrogens (primary N) is 1. The van der Waals surface area contributed by atoms with Crippen molar-refractivity contribution in [2.45, 2.75) is 44.9 Å². The van der Waals surface area contributed by atoms with E-state index in [9.17, 15) is 4.79 Å². The lowest BCUT2D eigenvalue weighted by atomic mass is 10.0. The summed E-state index contributed by atoms with van der Waals surface area (Å²) in [5.74, 6) is 1.12. The lowest BCUT2D eigenvalue weighted by Gasteiger charge is -2.19. The predicted molar refractivity (Wildman–Crippen MR) is 62.5 cm³/mol. The maximum absolute atomic E-state index is 11.6. The minimum absolute atomic E-state index is 0.249. The molecule has 0 spiro atoms. The molecule has 2 N–H and O–H groups in total. The highest BCUT2D eigenvalue weighted by molar-refractivity contribution is 5.75. The fourth-order valence-electron chi connectivity index (χ4n) is 2.24. The molecule has 1 amide bonds. The third-order valence-electron chi connectivity index (χ3n) is 3.37. The molecular weight excluding hydrogens is 188 g/mol. The summed E-state index contributed by atoms with van der Waals surface area (Å²) < 4.78 is 0. The van der Waals surface area contributed by atoms with Crippen LogP contribution in [0.5, 0.6) is 0 Å². The highest BCUT2D eigenvalue weighted by atomic mass is 16.2. The summed E-state index contributed by atoms with van der Waals surface area (Å²) in [5.41, 5.74) is 5.38. The normalized spacial score (nSPS) is 16.9. The van der Waals surface area contributed by atoms with E-state index < -0.39 is 0 Å². The molecule has 3 heteroatoms. The fourth-order valence-corrected chi connectivity index (χ4v) is 2.24. The molecule has 0 atom stereocenters. The molecule has 0 aromatic carbocycles. The molecule has 1 saturated carbocycles. The zero-order valence-electron chi connectivity index (χ0n) is 9.87. The van der Waals surface area contributed by atoms with Gasteiger partial charge in [0.05, 0.1) is 0 Å². The van der Waals surface area contributed by atoms with Gasteiger partial charge in [0.15, 0.2) is 0 Å². The molecule has 0 unspecified atom stereocenters. The summed E-state index contributed by atoms with van der Waals surface area (Å²) in [6, 6.07) is 0. The second kappa shape index (κ2) is 6.83. The van der Waals surface area contributed by atoms with Gasteiger partial charge in [0.25, 0.3) is 0 Å². The van der Waals surface area contributed by atoms with Gasteiger partial charge < -0.3 is 10.6 Å². The van der Waals surface area contributed by atoms with Crippen LogP contribution in [-0.4, -0.2) is 30.9 Å². The number of carbonyl (C=O) groups excluding carboxylic acids is 1. The van der Waals surface area contributed by atoms with Crippen molar-refractivity contribution in [1.29, 1.82) is 0 Å². The Kier molecular flexibility index (Phi) is 5.69. The Labute approximate surface area is 93.0 Å². The van der Waals surface area contributed by atoms with Gasteiger partial charge in [-0.3, -0.25) is 4.79 Å². The molecule has 3 nitrogen and oxygen atoms in total. The van der Waals surface area contributed by atoms with Crippen LogP contribution in [0.2, 0.25) is 0 Å². The number of nitrogens with zero attached hydrogens (tertiary/aromatic N) is 1. The fraction of sp³-hybridized carbons (Fsp3) is 0.917. The van der Waals surface area contributed by atoms with Crippen LogP contribution < -0.4 is 5.73 Å². The van der Waals surface area contributed by atoms with Crippen LogP contribution in [0.25, 0.3) is 0 Å². The lowest BCUT2D eigenvalue weighted by molar-refractivity contribution is -0.130. The first-order chi connectivity index (χ1) is 7.24. The van der Waals surface area contributed by atoms with Gasteiger partial charge in [0.1, 0.15) is 0 Å². The first-order valence-electron chi connectivity index (χ1n) is 6.18. The molecule has 0 aliphatic heterocycles. The van der Waals surface area contributed by atoms with E-state index in [-0.39, 0.29) is 5.91 Å². The van der Waals surface area contributed by atoms with Crippen molar-refractivity contribution in [2.24, 2.45) is 11.7 Å². The molecule has 15 heavy (non-hydrogen) atoms. The van der Waals surface area contributed by atoms with Gasteiger partial charge in [-0.05, 0) is 25.3 Å². The predicted octanol–water partition coefficient (Wildman–Crippen LogP) is 1.76. The van der Waals surface area contributed by atoms with Crippen LogP contribution in [0.4, 0.5) is 0 Å². The molecule has 1 aliphatic carbocycles. The maximum atomic E-state index is 11.6. The third-order valence-corrected chi connectivity index (χ3v) is 3.37.